The summed E-state index contributed by atoms with van der Waals surface area (Å²) in [4.78, 5) is 173. The van der Waals surface area contributed by atoms with E-state index in [1.165, 1.54) is 39.2 Å². The number of nitrogens with two attached hydrogens (primary N) is 2. The molecule has 2 heterocycles. The molecule has 8 amide bonds. The molecule has 0 spiro atoms. The number of benzene rings is 2. The molecule has 27 heteroatoms. The molecule has 0 aliphatic carbocycles. The molecule has 1 aliphatic rings. The third-order valence-corrected chi connectivity index (χ3v) is 22.2. The van der Waals surface area contributed by atoms with Gasteiger partial charge in [-0.1, -0.05) is 125 Å². The van der Waals surface area contributed by atoms with Crippen LogP contribution in [0.15, 0.2) is 66.2 Å². The van der Waals surface area contributed by atoms with Crippen molar-refractivity contribution in [3.05, 3.63) is 82.3 Å². The van der Waals surface area contributed by atoms with Crippen LogP contribution < -0.4 is 43.4 Å². The lowest BCUT2D eigenvalue weighted by Gasteiger charge is -2.41. The van der Waals surface area contributed by atoms with E-state index in [0.29, 0.717) is 62.9 Å². The number of amides is 8. The molecule has 1 saturated heterocycles. The Morgan fingerprint density at radius 1 is 0.712 bits per heavy atom. The number of thiazole rings is 1. The minimum absolute atomic E-state index is 0.0149. The van der Waals surface area contributed by atoms with E-state index in [9.17, 15) is 57.5 Å². The van der Waals surface area contributed by atoms with Crippen LogP contribution in [0, 0.1) is 46.8 Å². The third kappa shape index (κ3) is 31.6. The predicted molar refractivity (Wildman–Crippen MR) is 432 cm³/mol. The lowest BCUT2D eigenvalue weighted by atomic mass is 9.83. The molecule has 0 saturated carbocycles. The summed E-state index contributed by atoms with van der Waals surface area (Å²) in [5.41, 5.74) is 10.8. The molecule has 10 N–H and O–H groups in total. The SMILES string of the molecule is CC[C@H](C)[C@@H]([C@@H](CC(=O)N1CCC[C@H]1[C@H](OC)[C@@H](C)C(=O)C[C@@H](Cc1ccccc1)c1nccs1)OC)N(C)C(=O)[C@@H](CC(=O)C(C)(C)NC(=O)OCc1ccc(NC(=O)[C@H](CCCNC(N)=O)CC(=O)[C@@H](NC(=O)[C@H](CCCCNC(=O)CC[C@@H](NC(C)(C)C)C(=O)C(C)(C)C)CC(=O)[C@@H](C)N)C(C)C)cc1)C(C)C. The Balaban J connectivity index is 1.37. The van der Waals surface area contributed by atoms with Crippen molar-refractivity contribution in [1.82, 2.24) is 41.4 Å². The fraction of sp³-hybridized carbons (Fsp3) is 0.679. The van der Waals surface area contributed by atoms with Gasteiger partial charge in [0.15, 0.2) is 17.3 Å². The van der Waals surface area contributed by atoms with E-state index in [2.05, 4.69) is 49.0 Å². The largest absolute Gasteiger partial charge is 0.445 e. The first-order chi connectivity index (χ1) is 52.0. The smallest absolute Gasteiger partial charge is 0.408 e. The number of nitrogens with zero attached hydrogens (tertiary/aromatic N) is 3. The second kappa shape index (κ2) is 45.7. The number of likely N-dealkylation sites (N-methyl/N-ethyl adjacent to an activating group) is 1. The highest BCUT2D eigenvalue weighted by Gasteiger charge is 2.45. The highest BCUT2D eigenvalue weighted by Crippen LogP contribution is 2.35. The van der Waals surface area contributed by atoms with E-state index in [0.717, 1.165) is 17.0 Å². The van der Waals surface area contributed by atoms with E-state index in [1.54, 1.807) is 63.4 Å². The highest BCUT2D eigenvalue weighted by molar-refractivity contribution is 7.09. The number of carbonyl (C=O) groups is 12. The third-order valence-electron chi connectivity index (χ3n) is 21.3. The van der Waals surface area contributed by atoms with Crippen molar-refractivity contribution >= 4 is 87.6 Å². The topological polar surface area (TPSA) is 376 Å². The van der Waals surface area contributed by atoms with Crippen LogP contribution in [0.1, 0.15) is 229 Å². The van der Waals surface area contributed by atoms with Crippen LogP contribution in [0.5, 0.6) is 0 Å². The summed E-state index contributed by atoms with van der Waals surface area (Å²) in [7, 11) is 4.79. The number of aromatic nitrogens is 1. The molecule has 0 bridgehead atoms. The molecule has 620 valence electrons. The number of unbranched alkanes of at least 4 members (excludes halogenated alkanes) is 1. The number of methoxy groups -OCH3 is 2. The maximum atomic E-state index is 14.9. The van der Waals surface area contributed by atoms with Crippen molar-refractivity contribution in [3.63, 3.8) is 0 Å². The van der Waals surface area contributed by atoms with Gasteiger partial charge in [-0.15, -0.1) is 11.3 Å². The van der Waals surface area contributed by atoms with Gasteiger partial charge in [0.1, 0.15) is 18.2 Å². The van der Waals surface area contributed by atoms with E-state index in [4.69, 9.17) is 25.7 Å². The van der Waals surface area contributed by atoms with Crippen molar-refractivity contribution in [2.24, 2.45) is 58.3 Å². The van der Waals surface area contributed by atoms with Gasteiger partial charge in [0.2, 0.25) is 29.5 Å². The Kier molecular flexibility index (Phi) is 39.4. The molecule has 4 rings (SSSR count). The van der Waals surface area contributed by atoms with Gasteiger partial charge in [0.25, 0.3) is 0 Å². The molecule has 1 fully saturated rings. The summed E-state index contributed by atoms with van der Waals surface area (Å²) in [6, 6.07) is 12.3. The number of carbonyl (C=O) groups excluding carboxylic acids is 12. The zero-order chi connectivity index (χ0) is 83.3. The molecule has 0 unspecified atom stereocenters. The summed E-state index contributed by atoms with van der Waals surface area (Å²) >= 11 is 1.53. The summed E-state index contributed by atoms with van der Waals surface area (Å²) < 4.78 is 17.9. The highest BCUT2D eigenvalue weighted by atomic mass is 32.1. The van der Waals surface area contributed by atoms with Gasteiger partial charge in [-0.05, 0) is 134 Å². The standard InChI is InChI=1S/C84H133N11O15S/c1-20-53(6)73(68(108-18)49-71(101)95-42-27-32-64(95)74(109-19)54(7)65(96)47-60(78-88-41-43-111-78)44-56-28-22-21-23-29-56)94(17)79(105)62(51(2)3)48-69(99)84(15,16)93-81(107)110-50-57-33-35-61(36-34-57)90-76(103)59(31-26-40-89-80(86)106)46-67(98)72(52(4)5)91-77(104)58(45-66(97)55(8)85)30-24-25-39-87-70(100)38-37-63(92-83(12,13)14)75(102)82(9,10)11/h21-23,28-29,33-36,41,43,51-55,58-60,62-64,68,72-74,92H,20,24-27,30-32,37-40,42,44-50,85H2,1-19H3,(H,87,100)(H,90,103)(H,91,104)(H,93,107)(H3,86,89,106)/t53-,54-,55+,58+,59+,60+,62-,63+,64-,68+,72-,73-,74+/m0/s1. The number of likely N-dealkylation sites (tertiary alicyclic amines) is 1. The zero-order valence-electron chi connectivity index (χ0n) is 69.7. The summed E-state index contributed by atoms with van der Waals surface area (Å²) in [5, 5.41) is 20.0. The number of urea groups is 1. The van der Waals surface area contributed by atoms with Crippen LogP contribution in [0.2, 0.25) is 0 Å². The number of rotatable bonds is 49. The van der Waals surface area contributed by atoms with Crippen LogP contribution in [0.4, 0.5) is 15.3 Å². The van der Waals surface area contributed by atoms with Gasteiger partial charge in [-0.2, -0.15) is 0 Å². The summed E-state index contributed by atoms with van der Waals surface area (Å²) in [6.07, 6.45) is 3.74. The van der Waals surface area contributed by atoms with Crippen molar-refractivity contribution in [2.75, 3.05) is 46.2 Å². The maximum Gasteiger partial charge on any atom is 0.408 e. The van der Waals surface area contributed by atoms with Gasteiger partial charge in [0.05, 0.1) is 59.4 Å². The lowest BCUT2D eigenvalue weighted by Crippen LogP contribution is -2.55. The Bertz CT molecular complexity index is 3500. The van der Waals surface area contributed by atoms with Gasteiger partial charge >= 0.3 is 12.1 Å². The number of alkyl carbamates (subject to hydrolysis) is 1. The number of ether oxygens (including phenoxy) is 3. The molecular formula is C84H133N11O15S. The van der Waals surface area contributed by atoms with Crippen molar-refractivity contribution in [3.8, 4) is 0 Å². The van der Waals surface area contributed by atoms with E-state index in [-0.39, 0.29) is 135 Å². The van der Waals surface area contributed by atoms with Crippen LogP contribution >= 0.6 is 11.3 Å². The Labute approximate surface area is 663 Å². The molecular weight excluding hydrogens is 1440 g/mol. The Morgan fingerprint density at radius 2 is 1.34 bits per heavy atom. The van der Waals surface area contributed by atoms with Gasteiger partial charge in [-0.25, -0.2) is 14.6 Å². The summed E-state index contributed by atoms with van der Waals surface area (Å²) in [6.45, 7) is 29.8. The molecule has 1 aromatic heterocycles. The number of Topliss-reactive ketones (excluding diaryl/α,β-unsaturated/α-hetero) is 5. The maximum absolute atomic E-state index is 14.9. The number of nitrogens with one attached hydrogen (secondary N) is 6. The van der Waals surface area contributed by atoms with Crippen LogP contribution in [-0.2, 0) is 75.2 Å². The average molecular weight is 1570 g/mol. The van der Waals surface area contributed by atoms with Gasteiger partial charge in [0, 0.05) is 131 Å². The minimum atomic E-state index is -1.49. The van der Waals surface area contributed by atoms with Gasteiger partial charge < -0.3 is 67.4 Å². The molecule has 3 aromatic rings. The quantitative estimate of drug-likeness (QED) is 0.0243. The number of hydrogen-bond donors (Lipinski definition) is 8. The predicted octanol–water partition coefficient (Wildman–Crippen LogP) is 10.7. The first-order valence-electron chi connectivity index (χ1n) is 39.7. The first-order valence-corrected chi connectivity index (χ1v) is 40.6. The van der Waals surface area contributed by atoms with Crippen LogP contribution in [0.3, 0.4) is 0 Å². The van der Waals surface area contributed by atoms with Crippen molar-refractivity contribution in [1.29, 1.82) is 0 Å². The van der Waals surface area contributed by atoms with Gasteiger partial charge in [-0.3, -0.25) is 47.9 Å². The molecule has 0 radical (unpaired) electrons. The van der Waals surface area contributed by atoms with E-state index < -0.39 is 112 Å². The fourth-order valence-corrected chi connectivity index (χ4v) is 15.2. The van der Waals surface area contributed by atoms with Crippen LogP contribution in [0.25, 0.3) is 0 Å². The van der Waals surface area contributed by atoms with Crippen molar-refractivity contribution < 1.29 is 71.7 Å². The monoisotopic (exact) mass is 1570 g/mol. The molecule has 13 atom stereocenters. The zero-order valence-corrected chi connectivity index (χ0v) is 70.5. The summed E-state index contributed by atoms with van der Waals surface area (Å²) in [5.74, 6) is -7.12. The number of ketones is 5. The Morgan fingerprint density at radius 3 is 1.91 bits per heavy atom. The molecule has 26 nitrogen and oxygen atoms in total. The van der Waals surface area contributed by atoms with E-state index in [1.807, 2.05) is 105 Å². The Hall–Kier alpha value is -7.85. The number of hydrogen-bond acceptors (Lipinski definition) is 19. The minimum Gasteiger partial charge on any atom is -0.445 e. The fourth-order valence-electron chi connectivity index (χ4n) is 14.4. The normalized spacial score (nSPS) is 16.6. The second-order valence-electron chi connectivity index (χ2n) is 33.6. The average Bonchev–Trinajstić information content (AvgIpc) is 1.79. The lowest BCUT2D eigenvalue weighted by molar-refractivity contribution is -0.149. The van der Waals surface area contributed by atoms with Crippen molar-refractivity contribution in [2.45, 2.75) is 280 Å². The number of anilines is 1. The molecule has 111 heavy (non-hydrogen) atoms. The van der Waals surface area contributed by atoms with E-state index >= 15 is 0 Å². The molecule has 2 aromatic carbocycles. The number of primary amides is 1. The second-order valence-corrected chi connectivity index (χ2v) is 34.6. The van der Waals surface area contributed by atoms with Crippen LogP contribution in [-0.4, -0.2) is 180 Å². The first kappa shape index (κ1) is 95.5. The molecule has 1 aliphatic heterocycles.